The van der Waals surface area contributed by atoms with Gasteiger partial charge >= 0.3 is 0 Å². The maximum absolute atomic E-state index is 5.93. The van der Waals surface area contributed by atoms with Gasteiger partial charge in [-0.15, -0.1) is 0 Å². The molecular weight excluding hydrogens is 286 g/mol. The second-order valence-corrected chi connectivity index (χ2v) is 5.42. The van der Waals surface area contributed by atoms with Crippen LogP contribution >= 0.6 is 11.6 Å². The molecule has 2 heterocycles. The van der Waals surface area contributed by atoms with Crippen LogP contribution in [-0.4, -0.2) is 24.5 Å². The Hall–Kier alpha value is -2.14. The van der Waals surface area contributed by atoms with Crippen LogP contribution in [0.5, 0.6) is 0 Å². The number of hydrogen-bond acceptors (Lipinski definition) is 3. The highest BCUT2D eigenvalue weighted by atomic mass is 35.5. The molecule has 3 aromatic rings. The fourth-order valence-electron chi connectivity index (χ4n) is 2.27. The van der Waals surface area contributed by atoms with E-state index in [9.17, 15) is 0 Å². The molecule has 0 saturated carbocycles. The van der Waals surface area contributed by atoms with E-state index in [1.807, 2.05) is 60.0 Å². The Morgan fingerprint density at radius 2 is 1.90 bits per heavy atom. The van der Waals surface area contributed by atoms with Gasteiger partial charge in [0.05, 0.1) is 11.9 Å². The van der Waals surface area contributed by atoms with Crippen molar-refractivity contribution in [2.75, 3.05) is 0 Å². The second kappa shape index (κ2) is 5.69. The largest absolute Gasteiger partial charge is 0.276 e. The van der Waals surface area contributed by atoms with E-state index < -0.39 is 0 Å². The first-order valence-electron chi connectivity index (χ1n) is 6.78. The summed E-state index contributed by atoms with van der Waals surface area (Å²) in [4.78, 5) is 4.52. The minimum Gasteiger partial charge on any atom is -0.276 e. The first-order valence-corrected chi connectivity index (χ1v) is 7.15. The predicted octanol–water partition coefficient (Wildman–Crippen LogP) is 2.75. The van der Waals surface area contributed by atoms with E-state index in [0.29, 0.717) is 5.02 Å². The summed E-state index contributed by atoms with van der Waals surface area (Å²) in [5.41, 5.74) is 2.17. The van der Waals surface area contributed by atoms with E-state index in [1.165, 1.54) is 5.56 Å². The topological polar surface area (TPSA) is 48.5 Å². The Bertz CT molecular complexity index is 742. The maximum atomic E-state index is 5.93. The monoisotopic (exact) mass is 301 g/mol. The molecule has 0 unspecified atom stereocenters. The van der Waals surface area contributed by atoms with Gasteiger partial charge in [0.15, 0.2) is 0 Å². The molecule has 0 aliphatic heterocycles. The van der Waals surface area contributed by atoms with Crippen LogP contribution in [0.3, 0.4) is 0 Å². The highest BCUT2D eigenvalue weighted by Gasteiger charge is 2.10. The Labute approximate surface area is 128 Å². The highest BCUT2D eigenvalue weighted by molar-refractivity contribution is 6.30. The lowest BCUT2D eigenvalue weighted by molar-refractivity contribution is 0.759. The van der Waals surface area contributed by atoms with Crippen LogP contribution in [-0.2, 0) is 19.9 Å². The van der Waals surface area contributed by atoms with E-state index in [0.717, 1.165) is 30.2 Å². The minimum absolute atomic E-state index is 0.715. The summed E-state index contributed by atoms with van der Waals surface area (Å²) in [6, 6.07) is 7.62. The van der Waals surface area contributed by atoms with Gasteiger partial charge in [0.25, 0.3) is 0 Å². The molecule has 0 aliphatic carbocycles. The summed E-state index contributed by atoms with van der Waals surface area (Å²) in [5.74, 6) is 1.71. The third-order valence-corrected chi connectivity index (χ3v) is 3.50. The van der Waals surface area contributed by atoms with Crippen LogP contribution in [0, 0.1) is 6.92 Å². The third kappa shape index (κ3) is 3.13. The maximum Gasteiger partial charge on any atom is 0.148 e. The van der Waals surface area contributed by atoms with Crippen molar-refractivity contribution in [1.29, 1.82) is 0 Å². The van der Waals surface area contributed by atoms with Crippen molar-refractivity contribution in [2.45, 2.75) is 19.8 Å². The number of aromatic nitrogens is 5. The van der Waals surface area contributed by atoms with E-state index in [1.54, 1.807) is 0 Å². The minimum atomic E-state index is 0.715. The van der Waals surface area contributed by atoms with Crippen molar-refractivity contribution in [1.82, 2.24) is 24.5 Å². The molecule has 5 nitrogen and oxygen atoms in total. The molecule has 0 radical (unpaired) electrons. The normalized spacial score (nSPS) is 11.0. The molecule has 0 atom stereocenters. The first kappa shape index (κ1) is 13.8. The van der Waals surface area contributed by atoms with Gasteiger partial charge in [0.2, 0.25) is 0 Å². The quantitative estimate of drug-likeness (QED) is 0.744. The summed E-state index contributed by atoms with van der Waals surface area (Å²) < 4.78 is 3.69. The van der Waals surface area contributed by atoms with Crippen LogP contribution in [0.1, 0.15) is 17.2 Å². The molecule has 108 valence electrons. The number of nitrogens with zero attached hydrogens (tertiary/aromatic N) is 5. The molecule has 0 N–H and O–H groups in total. The zero-order valence-corrected chi connectivity index (χ0v) is 12.7. The Morgan fingerprint density at radius 3 is 2.57 bits per heavy atom. The van der Waals surface area contributed by atoms with E-state index >= 15 is 0 Å². The zero-order valence-electron chi connectivity index (χ0n) is 12.0. The summed E-state index contributed by atoms with van der Waals surface area (Å²) in [6.07, 6.45) is 5.61. The van der Waals surface area contributed by atoms with E-state index in [4.69, 9.17) is 11.6 Å². The fourth-order valence-corrected chi connectivity index (χ4v) is 2.39. The van der Waals surface area contributed by atoms with Crippen LogP contribution < -0.4 is 0 Å². The van der Waals surface area contributed by atoms with Gasteiger partial charge in [0, 0.05) is 24.7 Å². The molecule has 3 rings (SSSR count). The van der Waals surface area contributed by atoms with E-state index in [2.05, 4.69) is 15.2 Å². The molecule has 6 heteroatoms. The predicted molar refractivity (Wildman–Crippen MR) is 81.7 cm³/mol. The molecule has 2 aromatic heterocycles. The smallest absolute Gasteiger partial charge is 0.148 e. The molecular formula is C15H16ClN5. The average molecular weight is 302 g/mol. The van der Waals surface area contributed by atoms with Crippen LogP contribution in [0.4, 0.5) is 0 Å². The molecule has 0 bridgehead atoms. The van der Waals surface area contributed by atoms with Crippen LogP contribution in [0.25, 0.3) is 5.69 Å². The average Bonchev–Trinajstić information content (AvgIpc) is 3.03. The van der Waals surface area contributed by atoms with Crippen molar-refractivity contribution in [3.05, 3.63) is 58.9 Å². The van der Waals surface area contributed by atoms with Crippen LogP contribution in [0.2, 0.25) is 5.02 Å². The van der Waals surface area contributed by atoms with Gasteiger partial charge in [0.1, 0.15) is 11.6 Å². The van der Waals surface area contributed by atoms with Gasteiger partial charge in [-0.2, -0.15) is 10.2 Å². The van der Waals surface area contributed by atoms with Gasteiger partial charge in [-0.25, -0.2) is 9.67 Å². The van der Waals surface area contributed by atoms with Crippen molar-refractivity contribution in [3.63, 3.8) is 0 Å². The van der Waals surface area contributed by atoms with E-state index in [-0.39, 0.29) is 0 Å². The molecule has 0 spiro atoms. The third-order valence-electron chi connectivity index (χ3n) is 3.25. The number of aryl methyl sites for hydroxylation is 4. The van der Waals surface area contributed by atoms with Gasteiger partial charge in [-0.3, -0.25) is 4.68 Å². The van der Waals surface area contributed by atoms with Crippen molar-refractivity contribution in [2.24, 2.45) is 7.05 Å². The molecule has 0 saturated heterocycles. The number of rotatable bonds is 4. The van der Waals surface area contributed by atoms with Gasteiger partial charge < -0.3 is 0 Å². The summed E-state index contributed by atoms with van der Waals surface area (Å²) >= 11 is 5.93. The highest BCUT2D eigenvalue weighted by Crippen LogP contribution is 2.15. The lowest BCUT2D eigenvalue weighted by Crippen LogP contribution is -2.04. The Morgan fingerprint density at radius 1 is 1.14 bits per heavy atom. The number of halogens is 1. The van der Waals surface area contributed by atoms with Gasteiger partial charge in [-0.05, 0) is 43.2 Å². The Kier molecular flexibility index (Phi) is 3.75. The number of hydrogen-bond donors (Lipinski definition) is 0. The van der Waals surface area contributed by atoms with Gasteiger partial charge in [-0.1, -0.05) is 11.6 Å². The summed E-state index contributed by atoms with van der Waals surface area (Å²) in [6.45, 7) is 1.90. The van der Waals surface area contributed by atoms with Crippen LogP contribution in [0.15, 0.2) is 36.7 Å². The fraction of sp³-hybridized carbons (Fsp3) is 0.267. The summed E-state index contributed by atoms with van der Waals surface area (Å²) in [5, 5.41) is 9.37. The molecule has 0 aliphatic rings. The second-order valence-electron chi connectivity index (χ2n) is 4.99. The lowest BCUT2D eigenvalue weighted by Gasteiger charge is -2.05. The van der Waals surface area contributed by atoms with Crippen molar-refractivity contribution < 1.29 is 0 Å². The number of benzene rings is 1. The molecule has 0 amide bonds. The molecule has 21 heavy (non-hydrogen) atoms. The Balaban J connectivity index is 1.83. The molecule has 1 aromatic carbocycles. The first-order chi connectivity index (χ1) is 10.1. The zero-order chi connectivity index (χ0) is 14.8. The lowest BCUT2D eigenvalue weighted by atomic mass is 10.2. The molecule has 0 fully saturated rings. The SMILES string of the molecule is Cc1nc(CCc2cnn(C)c2)n(-c2ccc(Cl)cc2)n1. The van der Waals surface area contributed by atoms with Crippen molar-refractivity contribution >= 4 is 11.6 Å². The standard InChI is InChI=1S/C15H16ClN5/c1-11-18-15(8-3-12-9-17-20(2)10-12)21(19-11)14-6-4-13(16)5-7-14/h4-7,9-10H,3,8H2,1-2H3. The van der Waals surface area contributed by atoms with Crippen molar-refractivity contribution in [3.8, 4) is 5.69 Å². The summed E-state index contributed by atoms with van der Waals surface area (Å²) in [7, 11) is 1.92.